The fourth-order valence-electron chi connectivity index (χ4n) is 3.02. The summed E-state index contributed by atoms with van der Waals surface area (Å²) in [7, 11) is 0. The van der Waals surface area contributed by atoms with Crippen LogP contribution in [0.15, 0.2) is 58.9 Å². The first-order valence-corrected chi connectivity index (χ1v) is 9.71. The van der Waals surface area contributed by atoms with Gasteiger partial charge in [-0.3, -0.25) is 0 Å². The van der Waals surface area contributed by atoms with Crippen LogP contribution in [0.4, 0.5) is 22.0 Å². The highest BCUT2D eigenvalue weighted by Gasteiger charge is 2.38. The van der Waals surface area contributed by atoms with Gasteiger partial charge in [-0.05, 0) is 35.4 Å². The second-order valence-corrected chi connectivity index (χ2v) is 6.95. The van der Waals surface area contributed by atoms with E-state index in [-0.39, 0.29) is 31.2 Å². The van der Waals surface area contributed by atoms with Crippen LogP contribution in [-0.2, 0) is 11.2 Å². The van der Waals surface area contributed by atoms with Gasteiger partial charge in [0.15, 0.2) is 11.5 Å². The molecule has 0 aliphatic carbocycles. The van der Waals surface area contributed by atoms with Gasteiger partial charge in [-0.1, -0.05) is 18.2 Å². The van der Waals surface area contributed by atoms with Gasteiger partial charge in [0.2, 0.25) is 6.79 Å². The standard InChI is InChI=1S/C19H16F2N4O3.C2HF3O2/c20-18(21)13(9-22)8-17-23-24-19(26)25(17)14-3-1-2-11(6-14)12-4-5-15-16(7-12)28-10-27-15;3-2(4,5)1(6)7/h1-7H,8-10,22H2,(H,24,26);(H,6,7). The molecule has 35 heavy (non-hydrogen) atoms. The third-order valence-corrected chi connectivity index (χ3v) is 4.68. The Labute approximate surface area is 193 Å². The van der Waals surface area contributed by atoms with Crippen molar-refractivity contribution in [3.8, 4) is 28.3 Å². The lowest BCUT2D eigenvalue weighted by Gasteiger charge is -2.09. The zero-order valence-electron chi connectivity index (χ0n) is 17.6. The highest BCUT2D eigenvalue weighted by atomic mass is 19.4. The largest absolute Gasteiger partial charge is 0.490 e. The highest BCUT2D eigenvalue weighted by molar-refractivity contribution is 5.73. The number of H-pyrrole nitrogens is 1. The van der Waals surface area contributed by atoms with Gasteiger partial charge in [0.1, 0.15) is 5.82 Å². The Kier molecular flexibility index (Phi) is 7.54. The summed E-state index contributed by atoms with van der Waals surface area (Å²) in [4.78, 5) is 21.2. The molecule has 3 aromatic rings. The van der Waals surface area contributed by atoms with Crippen LogP contribution < -0.4 is 20.9 Å². The Balaban J connectivity index is 0.000000429. The molecule has 4 N–H and O–H groups in total. The van der Waals surface area contributed by atoms with Crippen LogP contribution >= 0.6 is 0 Å². The predicted octanol–water partition coefficient (Wildman–Crippen LogP) is 3.24. The van der Waals surface area contributed by atoms with Crippen molar-refractivity contribution < 1.29 is 41.3 Å². The van der Waals surface area contributed by atoms with Crippen LogP contribution in [0.25, 0.3) is 16.8 Å². The molecule has 186 valence electrons. The molecule has 9 nitrogen and oxygen atoms in total. The number of nitrogens with two attached hydrogens (primary N) is 1. The third-order valence-electron chi connectivity index (χ3n) is 4.68. The number of hydrogen-bond donors (Lipinski definition) is 3. The second-order valence-electron chi connectivity index (χ2n) is 6.95. The van der Waals surface area contributed by atoms with E-state index in [0.717, 1.165) is 11.1 Å². The predicted molar refractivity (Wildman–Crippen MR) is 111 cm³/mol. The topological polar surface area (TPSA) is 132 Å². The molecular weight excluding hydrogens is 483 g/mol. The fraction of sp³-hybridized carbons (Fsp3) is 0.190. The Bertz CT molecular complexity index is 1310. The van der Waals surface area contributed by atoms with E-state index in [4.69, 9.17) is 25.1 Å². The molecule has 1 aliphatic heterocycles. The van der Waals surface area contributed by atoms with E-state index in [0.29, 0.717) is 17.2 Å². The van der Waals surface area contributed by atoms with Gasteiger partial charge in [-0.2, -0.15) is 27.1 Å². The Morgan fingerprint density at radius 1 is 1.11 bits per heavy atom. The van der Waals surface area contributed by atoms with Gasteiger partial charge < -0.3 is 20.3 Å². The van der Waals surface area contributed by atoms with Crippen molar-refractivity contribution >= 4 is 5.97 Å². The maximum Gasteiger partial charge on any atom is 0.490 e. The minimum atomic E-state index is -5.08. The first-order valence-electron chi connectivity index (χ1n) is 9.71. The molecule has 14 heteroatoms. The average Bonchev–Trinajstić information content (AvgIpc) is 3.42. The molecule has 0 radical (unpaired) electrons. The number of carbonyl (C=O) groups is 1. The number of hydrogen-bond acceptors (Lipinski definition) is 6. The van der Waals surface area contributed by atoms with Crippen LogP contribution in [-0.4, -0.2) is 45.4 Å². The molecule has 0 fully saturated rings. The van der Waals surface area contributed by atoms with Crippen molar-refractivity contribution in [2.45, 2.75) is 12.6 Å². The van der Waals surface area contributed by atoms with E-state index in [2.05, 4.69) is 10.2 Å². The average molecular weight is 500 g/mol. The van der Waals surface area contributed by atoms with Crippen molar-refractivity contribution in [3.05, 3.63) is 70.4 Å². The first-order chi connectivity index (χ1) is 16.5. The van der Waals surface area contributed by atoms with Gasteiger partial charge in [-0.15, -0.1) is 0 Å². The molecule has 0 saturated carbocycles. The number of aliphatic carboxylic acids is 1. The van der Waals surface area contributed by atoms with E-state index < -0.39 is 23.9 Å². The van der Waals surface area contributed by atoms with Crippen molar-refractivity contribution in [1.82, 2.24) is 14.8 Å². The number of benzene rings is 2. The van der Waals surface area contributed by atoms with Crippen molar-refractivity contribution in [3.63, 3.8) is 0 Å². The number of aromatic nitrogens is 3. The Morgan fingerprint density at radius 3 is 2.40 bits per heavy atom. The van der Waals surface area contributed by atoms with Crippen LogP contribution in [0.1, 0.15) is 5.82 Å². The van der Waals surface area contributed by atoms with E-state index >= 15 is 0 Å². The number of ether oxygens (including phenoxy) is 2. The summed E-state index contributed by atoms with van der Waals surface area (Å²) in [5.41, 5.74) is 6.77. The maximum absolute atomic E-state index is 13.0. The summed E-state index contributed by atoms with van der Waals surface area (Å²) in [6, 6.07) is 12.6. The van der Waals surface area contributed by atoms with Crippen LogP contribution in [0.2, 0.25) is 0 Å². The molecule has 0 amide bonds. The van der Waals surface area contributed by atoms with E-state index in [1.165, 1.54) is 4.57 Å². The molecule has 4 rings (SSSR count). The molecule has 0 spiro atoms. The number of carboxylic acid groups (broad SMARTS) is 1. The second kappa shape index (κ2) is 10.4. The fourth-order valence-corrected chi connectivity index (χ4v) is 3.02. The van der Waals surface area contributed by atoms with Gasteiger partial charge in [0.05, 0.1) is 5.69 Å². The zero-order chi connectivity index (χ0) is 25.8. The van der Waals surface area contributed by atoms with Gasteiger partial charge in [0, 0.05) is 18.5 Å². The van der Waals surface area contributed by atoms with Gasteiger partial charge in [0.25, 0.3) is 6.08 Å². The Hall–Kier alpha value is -4.20. The van der Waals surface area contributed by atoms with Crippen molar-refractivity contribution in [2.75, 3.05) is 13.3 Å². The third kappa shape index (κ3) is 6.03. The lowest BCUT2D eigenvalue weighted by molar-refractivity contribution is -0.192. The molecular formula is C21H17F5N4O5. The number of nitrogens with one attached hydrogen (secondary N) is 1. The lowest BCUT2D eigenvalue weighted by atomic mass is 10.0. The minimum Gasteiger partial charge on any atom is -0.475 e. The molecule has 0 bridgehead atoms. The Morgan fingerprint density at radius 2 is 1.77 bits per heavy atom. The lowest BCUT2D eigenvalue weighted by Crippen LogP contribution is -2.21. The maximum atomic E-state index is 13.0. The molecule has 1 aliphatic rings. The van der Waals surface area contributed by atoms with Gasteiger partial charge >= 0.3 is 17.8 Å². The molecule has 2 heterocycles. The normalized spacial score (nSPS) is 12.1. The number of nitrogens with zero attached hydrogens (tertiary/aromatic N) is 2. The molecule has 2 aromatic carbocycles. The SMILES string of the molecule is NCC(Cc1n[nH]c(=O)n1-c1cccc(-c2ccc3c(c2)OCO3)c1)=C(F)F.O=C(O)C(F)(F)F. The van der Waals surface area contributed by atoms with Crippen molar-refractivity contribution in [1.29, 1.82) is 0 Å². The number of aromatic amines is 1. The van der Waals surface area contributed by atoms with Crippen LogP contribution in [0, 0.1) is 0 Å². The van der Waals surface area contributed by atoms with Gasteiger partial charge in [-0.25, -0.2) is 19.3 Å². The quantitative estimate of drug-likeness (QED) is 0.458. The van der Waals surface area contributed by atoms with Crippen molar-refractivity contribution in [2.24, 2.45) is 5.73 Å². The highest BCUT2D eigenvalue weighted by Crippen LogP contribution is 2.36. The summed E-state index contributed by atoms with van der Waals surface area (Å²) < 4.78 is 69.7. The zero-order valence-corrected chi connectivity index (χ0v) is 17.6. The molecule has 0 atom stereocenters. The number of fused-ring (bicyclic) bond motifs is 1. The smallest absolute Gasteiger partial charge is 0.475 e. The summed E-state index contributed by atoms with van der Waals surface area (Å²) >= 11 is 0. The summed E-state index contributed by atoms with van der Waals surface area (Å²) in [6.07, 6.45) is -7.18. The monoisotopic (exact) mass is 500 g/mol. The minimum absolute atomic E-state index is 0.154. The number of rotatable bonds is 5. The first kappa shape index (κ1) is 25.4. The van der Waals surface area contributed by atoms with E-state index in [9.17, 15) is 26.7 Å². The van der Waals surface area contributed by atoms with E-state index in [1.54, 1.807) is 18.2 Å². The van der Waals surface area contributed by atoms with Crippen LogP contribution in [0.5, 0.6) is 11.5 Å². The number of carboxylic acids is 1. The molecule has 0 saturated heterocycles. The summed E-state index contributed by atoms with van der Waals surface area (Å²) in [5, 5.41) is 13.3. The molecule has 0 unspecified atom stereocenters. The number of alkyl halides is 3. The number of halogens is 5. The van der Waals surface area contributed by atoms with E-state index in [1.807, 2.05) is 24.3 Å². The van der Waals surface area contributed by atoms with Crippen LogP contribution in [0.3, 0.4) is 0 Å². The summed E-state index contributed by atoms with van der Waals surface area (Å²) in [6.45, 7) is -0.144. The summed E-state index contributed by atoms with van der Waals surface area (Å²) in [5.74, 6) is -1.30. The molecule has 1 aromatic heterocycles.